The van der Waals surface area contributed by atoms with Crippen LogP contribution in [-0.4, -0.2) is 17.0 Å². The van der Waals surface area contributed by atoms with Gasteiger partial charge in [-0.25, -0.2) is 5.48 Å². The number of benzene rings is 2. The van der Waals surface area contributed by atoms with Crippen LogP contribution in [0.1, 0.15) is 38.5 Å². The van der Waals surface area contributed by atoms with Crippen molar-refractivity contribution in [3.05, 3.63) is 54.6 Å². The summed E-state index contributed by atoms with van der Waals surface area (Å²) in [5.74, 6) is -0.380. The molecule has 4 N–H and O–H groups in total. The Labute approximate surface area is 153 Å². The Morgan fingerprint density at radius 1 is 0.692 bits per heavy atom. The first-order valence-electron chi connectivity index (χ1n) is 8.82. The van der Waals surface area contributed by atoms with Crippen molar-refractivity contribution in [3.63, 3.8) is 0 Å². The Bertz CT molecular complexity index is 687. The number of hydrogen-bond donors (Lipinski definition) is 4. The lowest BCUT2D eigenvalue weighted by molar-refractivity contribution is -0.129. The van der Waals surface area contributed by atoms with E-state index >= 15 is 0 Å². The van der Waals surface area contributed by atoms with E-state index in [0.29, 0.717) is 19.3 Å². The second-order valence-electron chi connectivity index (χ2n) is 6.07. The van der Waals surface area contributed by atoms with Crippen LogP contribution in [0.3, 0.4) is 0 Å². The fourth-order valence-corrected chi connectivity index (χ4v) is 2.53. The van der Waals surface area contributed by atoms with Crippen LogP contribution in [-0.2, 0) is 9.59 Å². The molecule has 0 heterocycles. The summed E-state index contributed by atoms with van der Waals surface area (Å²) in [7, 11) is 0. The number of carbonyl (C=O) groups excluding carboxylic acids is 2. The molecule has 0 bridgehead atoms. The fraction of sp³-hybridized carbons (Fsp3) is 0.300. The van der Waals surface area contributed by atoms with Gasteiger partial charge in [0.05, 0.1) is 0 Å². The van der Waals surface area contributed by atoms with Gasteiger partial charge in [0, 0.05) is 29.9 Å². The quantitative estimate of drug-likeness (QED) is 0.292. The van der Waals surface area contributed by atoms with Gasteiger partial charge in [-0.1, -0.05) is 31.0 Å². The van der Waals surface area contributed by atoms with Crippen LogP contribution in [0.2, 0.25) is 0 Å². The van der Waals surface area contributed by atoms with Crippen LogP contribution in [0.5, 0.6) is 0 Å². The van der Waals surface area contributed by atoms with Gasteiger partial charge in [-0.2, -0.15) is 0 Å². The molecule has 0 atom stereocenters. The maximum atomic E-state index is 12.0. The minimum absolute atomic E-state index is 0.0122. The predicted molar refractivity (Wildman–Crippen MR) is 102 cm³/mol. The molecule has 0 radical (unpaired) electrons. The first-order valence-corrected chi connectivity index (χ1v) is 8.82. The molecule has 6 nitrogen and oxygen atoms in total. The Morgan fingerprint density at radius 3 is 1.85 bits per heavy atom. The largest absolute Gasteiger partial charge is 0.356 e. The molecular weight excluding hydrogens is 330 g/mol. The van der Waals surface area contributed by atoms with Gasteiger partial charge in [0.25, 0.3) is 0 Å². The van der Waals surface area contributed by atoms with Gasteiger partial charge in [0.15, 0.2) is 0 Å². The van der Waals surface area contributed by atoms with E-state index in [1.165, 1.54) is 0 Å². The number of unbranched alkanes of at least 4 members (excludes halogenated alkanes) is 3. The fourth-order valence-electron chi connectivity index (χ4n) is 2.53. The normalized spacial score (nSPS) is 10.2. The highest BCUT2D eigenvalue weighted by Crippen LogP contribution is 2.19. The molecule has 0 saturated heterocycles. The lowest BCUT2D eigenvalue weighted by Gasteiger charge is -2.09. The summed E-state index contributed by atoms with van der Waals surface area (Å²) in [6.45, 7) is 0. The number of para-hydroxylation sites is 1. The lowest BCUT2D eigenvalue weighted by Crippen LogP contribution is -2.17. The minimum atomic E-state index is -0.368. The SMILES string of the molecule is O=C(CCCCCCC(=O)Nc1ccc(Nc2ccccc2)cc1)NO. The predicted octanol–water partition coefficient (Wildman–Crippen LogP) is 4.21. The van der Waals surface area contributed by atoms with Gasteiger partial charge < -0.3 is 10.6 Å². The highest BCUT2D eigenvalue weighted by atomic mass is 16.5. The van der Waals surface area contributed by atoms with Gasteiger partial charge in [0.2, 0.25) is 11.8 Å². The maximum absolute atomic E-state index is 12.0. The van der Waals surface area contributed by atoms with E-state index in [9.17, 15) is 9.59 Å². The van der Waals surface area contributed by atoms with E-state index in [4.69, 9.17) is 5.21 Å². The highest BCUT2D eigenvalue weighted by Gasteiger charge is 2.03. The van der Waals surface area contributed by atoms with Gasteiger partial charge >= 0.3 is 0 Å². The second kappa shape index (κ2) is 10.9. The Morgan fingerprint density at radius 2 is 1.23 bits per heavy atom. The third kappa shape index (κ3) is 7.36. The summed E-state index contributed by atoms with van der Waals surface area (Å²) in [6, 6.07) is 17.5. The molecule has 0 aromatic heterocycles. The molecule has 6 heteroatoms. The van der Waals surface area contributed by atoms with E-state index in [1.54, 1.807) is 5.48 Å². The molecule has 138 valence electrons. The van der Waals surface area contributed by atoms with Crippen molar-refractivity contribution >= 4 is 28.9 Å². The molecule has 2 aromatic rings. The van der Waals surface area contributed by atoms with E-state index < -0.39 is 0 Å². The van der Waals surface area contributed by atoms with Gasteiger partial charge in [-0.15, -0.1) is 0 Å². The standard InChI is InChI=1S/C20H25N3O3/c24-19(10-6-1-2-7-11-20(25)23-26)22-18-14-12-17(13-15-18)21-16-8-4-3-5-9-16/h3-5,8-9,12-15,21,26H,1-2,6-7,10-11H2,(H,22,24)(H,23,25). The molecule has 0 aliphatic rings. The topological polar surface area (TPSA) is 90.5 Å². The smallest absolute Gasteiger partial charge is 0.243 e. The summed E-state index contributed by atoms with van der Waals surface area (Å²) in [5.41, 5.74) is 4.36. The zero-order chi connectivity index (χ0) is 18.6. The van der Waals surface area contributed by atoms with E-state index in [2.05, 4.69) is 10.6 Å². The molecule has 2 aromatic carbocycles. The van der Waals surface area contributed by atoms with Gasteiger partial charge in [-0.05, 0) is 49.2 Å². The van der Waals surface area contributed by atoms with Crippen LogP contribution >= 0.6 is 0 Å². The number of rotatable bonds is 10. The Kier molecular flexibility index (Phi) is 8.15. The molecule has 0 saturated carbocycles. The monoisotopic (exact) mass is 355 g/mol. The van der Waals surface area contributed by atoms with Crippen LogP contribution in [0.4, 0.5) is 17.1 Å². The average molecular weight is 355 g/mol. The number of amides is 2. The first-order chi connectivity index (χ1) is 12.7. The molecule has 0 fully saturated rings. The highest BCUT2D eigenvalue weighted by molar-refractivity contribution is 5.90. The van der Waals surface area contributed by atoms with Crippen LogP contribution < -0.4 is 16.1 Å². The zero-order valence-corrected chi connectivity index (χ0v) is 14.7. The molecule has 26 heavy (non-hydrogen) atoms. The van der Waals surface area contributed by atoms with Crippen LogP contribution in [0.15, 0.2) is 54.6 Å². The van der Waals surface area contributed by atoms with E-state index in [1.807, 2.05) is 54.6 Å². The lowest BCUT2D eigenvalue weighted by atomic mass is 10.1. The Hall–Kier alpha value is -2.86. The van der Waals surface area contributed by atoms with Crippen LogP contribution in [0, 0.1) is 0 Å². The second-order valence-corrected chi connectivity index (χ2v) is 6.07. The number of carbonyl (C=O) groups is 2. The van der Waals surface area contributed by atoms with Crippen molar-refractivity contribution in [2.24, 2.45) is 0 Å². The third-order valence-electron chi connectivity index (χ3n) is 3.91. The van der Waals surface area contributed by atoms with Gasteiger partial charge in [-0.3, -0.25) is 14.8 Å². The van der Waals surface area contributed by atoms with Gasteiger partial charge in [0.1, 0.15) is 0 Å². The van der Waals surface area contributed by atoms with E-state index in [-0.39, 0.29) is 11.8 Å². The molecular formula is C20H25N3O3. The summed E-state index contributed by atoms with van der Waals surface area (Å²) < 4.78 is 0. The van der Waals surface area contributed by atoms with Crippen molar-refractivity contribution in [2.75, 3.05) is 10.6 Å². The van der Waals surface area contributed by atoms with Crippen molar-refractivity contribution < 1.29 is 14.8 Å². The zero-order valence-electron chi connectivity index (χ0n) is 14.7. The first kappa shape index (κ1) is 19.5. The summed E-state index contributed by atoms with van der Waals surface area (Å²) in [5, 5.41) is 14.6. The molecule has 0 aliphatic heterocycles. The molecule has 2 amide bonds. The summed E-state index contributed by atoms with van der Waals surface area (Å²) in [4.78, 5) is 22.8. The summed E-state index contributed by atoms with van der Waals surface area (Å²) >= 11 is 0. The molecule has 0 spiro atoms. The number of nitrogens with one attached hydrogen (secondary N) is 3. The Balaban J connectivity index is 1.65. The van der Waals surface area contributed by atoms with Crippen molar-refractivity contribution in [3.8, 4) is 0 Å². The number of hydroxylamine groups is 1. The minimum Gasteiger partial charge on any atom is -0.356 e. The molecule has 0 aliphatic carbocycles. The van der Waals surface area contributed by atoms with Crippen LogP contribution in [0.25, 0.3) is 0 Å². The molecule has 0 unspecified atom stereocenters. The average Bonchev–Trinajstić information content (AvgIpc) is 2.66. The van der Waals surface area contributed by atoms with Crippen molar-refractivity contribution in [1.82, 2.24) is 5.48 Å². The van der Waals surface area contributed by atoms with E-state index in [0.717, 1.165) is 36.3 Å². The number of anilines is 3. The number of hydrogen-bond acceptors (Lipinski definition) is 4. The summed E-state index contributed by atoms with van der Waals surface area (Å²) in [6.07, 6.45) is 4.00. The molecule has 2 rings (SSSR count). The maximum Gasteiger partial charge on any atom is 0.243 e. The van der Waals surface area contributed by atoms with Crippen molar-refractivity contribution in [2.45, 2.75) is 38.5 Å². The van der Waals surface area contributed by atoms with Crippen molar-refractivity contribution in [1.29, 1.82) is 0 Å². The third-order valence-corrected chi connectivity index (χ3v) is 3.91.